The zero-order chi connectivity index (χ0) is 29.4. The predicted molar refractivity (Wildman–Crippen MR) is 150 cm³/mol. The zero-order valence-corrected chi connectivity index (χ0v) is 24.0. The summed E-state index contributed by atoms with van der Waals surface area (Å²) in [4.78, 5) is 39.9. The van der Waals surface area contributed by atoms with Crippen LogP contribution in [0.3, 0.4) is 0 Å². The molecule has 4 amide bonds. The van der Waals surface area contributed by atoms with Gasteiger partial charge in [0.1, 0.15) is 11.9 Å². The molecule has 0 radical (unpaired) electrons. The first kappa shape index (κ1) is 31.8. The number of aliphatic hydroxyl groups is 1. The van der Waals surface area contributed by atoms with Gasteiger partial charge in [0.05, 0.1) is 18.7 Å². The average Bonchev–Trinajstić information content (AvgIpc) is 2.81. The van der Waals surface area contributed by atoms with Crippen LogP contribution < -0.4 is 16.0 Å². The molecule has 9 heteroatoms. The van der Waals surface area contributed by atoms with E-state index < -0.39 is 41.1 Å². The van der Waals surface area contributed by atoms with Crippen molar-refractivity contribution in [2.45, 2.75) is 85.2 Å². The first-order valence-corrected chi connectivity index (χ1v) is 13.2. The Kier molecular flexibility index (Phi) is 11.0. The molecule has 0 aliphatic heterocycles. The normalized spacial score (nSPS) is 14.1. The zero-order valence-electron chi connectivity index (χ0n) is 24.0. The lowest BCUT2D eigenvalue weighted by molar-refractivity contribution is -0.131. The van der Waals surface area contributed by atoms with Gasteiger partial charge < -0.3 is 26.0 Å². The van der Waals surface area contributed by atoms with Crippen LogP contribution in [0.4, 0.5) is 9.18 Å². The largest absolute Gasteiger partial charge is 0.389 e. The number of hydrogen-bond donors (Lipinski definition) is 4. The van der Waals surface area contributed by atoms with E-state index in [2.05, 4.69) is 16.0 Å². The van der Waals surface area contributed by atoms with Gasteiger partial charge in [0.25, 0.3) is 0 Å². The molecule has 4 N–H and O–H groups in total. The highest BCUT2D eigenvalue weighted by atomic mass is 19.1. The van der Waals surface area contributed by atoms with Gasteiger partial charge in [-0.25, -0.2) is 9.18 Å². The third kappa shape index (κ3) is 11.0. The summed E-state index contributed by atoms with van der Waals surface area (Å²) in [5, 5.41) is 20.0. The second-order valence-electron chi connectivity index (χ2n) is 12.1. The molecule has 2 rings (SSSR count). The van der Waals surface area contributed by atoms with Crippen molar-refractivity contribution in [3.63, 3.8) is 0 Å². The van der Waals surface area contributed by atoms with E-state index in [9.17, 15) is 23.9 Å². The molecule has 0 aromatic heterocycles. The second-order valence-corrected chi connectivity index (χ2v) is 12.1. The highest BCUT2D eigenvalue weighted by Crippen LogP contribution is 2.20. The van der Waals surface area contributed by atoms with E-state index >= 15 is 0 Å². The number of nitrogens with zero attached hydrogens (tertiary/aromatic N) is 1. The number of carbonyl (C=O) groups excluding carboxylic acids is 3. The first-order valence-electron chi connectivity index (χ1n) is 13.2. The Morgan fingerprint density at radius 1 is 0.897 bits per heavy atom. The van der Waals surface area contributed by atoms with E-state index in [1.165, 1.54) is 24.0 Å². The van der Waals surface area contributed by atoms with Gasteiger partial charge in [-0.1, -0.05) is 63.2 Å². The molecule has 0 spiro atoms. The van der Waals surface area contributed by atoms with Crippen molar-refractivity contribution >= 4 is 17.8 Å². The number of hydrogen-bond acceptors (Lipinski definition) is 4. The van der Waals surface area contributed by atoms with Crippen molar-refractivity contribution in [1.29, 1.82) is 0 Å². The third-order valence-electron chi connectivity index (χ3n) is 6.03. The maximum absolute atomic E-state index is 13.5. The van der Waals surface area contributed by atoms with Crippen LogP contribution in [0.15, 0.2) is 54.6 Å². The van der Waals surface area contributed by atoms with E-state index in [0.29, 0.717) is 12.0 Å². The first-order chi connectivity index (χ1) is 18.0. The second kappa shape index (κ2) is 13.6. The molecule has 0 heterocycles. The van der Waals surface area contributed by atoms with Gasteiger partial charge in [-0.15, -0.1) is 0 Å². The van der Waals surface area contributed by atoms with Crippen LogP contribution in [0.5, 0.6) is 0 Å². The maximum Gasteiger partial charge on any atom is 0.318 e. The van der Waals surface area contributed by atoms with Gasteiger partial charge >= 0.3 is 6.03 Å². The summed E-state index contributed by atoms with van der Waals surface area (Å²) in [5.74, 6) is -1.15. The van der Waals surface area contributed by atoms with Gasteiger partial charge in [0.2, 0.25) is 11.8 Å². The number of halogens is 1. The van der Waals surface area contributed by atoms with Crippen LogP contribution in [0.1, 0.15) is 59.6 Å². The third-order valence-corrected chi connectivity index (χ3v) is 6.03. The fourth-order valence-electron chi connectivity index (χ4n) is 4.08. The van der Waals surface area contributed by atoms with Crippen LogP contribution in [0.2, 0.25) is 0 Å². The molecule has 214 valence electrons. The van der Waals surface area contributed by atoms with Gasteiger partial charge in [-0.3, -0.25) is 9.59 Å². The van der Waals surface area contributed by atoms with E-state index in [1.807, 2.05) is 71.9 Å². The van der Waals surface area contributed by atoms with Crippen molar-refractivity contribution < 1.29 is 23.9 Å². The molecule has 0 fully saturated rings. The fourth-order valence-corrected chi connectivity index (χ4v) is 4.08. The molecule has 39 heavy (non-hydrogen) atoms. The lowest BCUT2D eigenvalue weighted by Crippen LogP contribution is -2.59. The number of urea groups is 1. The summed E-state index contributed by atoms with van der Waals surface area (Å²) < 4.78 is 13.5. The Bertz CT molecular complexity index is 1090. The van der Waals surface area contributed by atoms with Crippen LogP contribution in [0, 0.1) is 11.2 Å². The minimum atomic E-state index is -1.15. The molecular weight excluding hydrogens is 499 g/mol. The maximum atomic E-state index is 13.5. The van der Waals surface area contributed by atoms with Crippen LogP contribution in [0.25, 0.3) is 0 Å². The van der Waals surface area contributed by atoms with Gasteiger partial charge in [-0.2, -0.15) is 0 Å². The molecule has 2 aromatic carbocycles. The molecule has 2 aromatic rings. The minimum absolute atomic E-state index is 0.0998. The Labute approximate surface area is 231 Å². The molecule has 2 unspecified atom stereocenters. The topological polar surface area (TPSA) is 111 Å². The number of nitrogens with one attached hydrogen (secondary N) is 3. The summed E-state index contributed by atoms with van der Waals surface area (Å²) >= 11 is 0. The molecule has 3 atom stereocenters. The number of amides is 4. The number of carbonyl (C=O) groups is 3. The van der Waals surface area contributed by atoms with Crippen molar-refractivity contribution in [2.24, 2.45) is 5.41 Å². The minimum Gasteiger partial charge on any atom is -0.389 e. The van der Waals surface area contributed by atoms with Crippen LogP contribution >= 0.6 is 0 Å². The molecule has 0 aliphatic rings. The Morgan fingerprint density at radius 2 is 1.49 bits per heavy atom. The highest BCUT2D eigenvalue weighted by molar-refractivity contribution is 5.87. The SMILES string of the molecule is CC(=O)NC(C(=O)N[C@@H](Cc1ccccc1)C(O)CN(Cc1ccc(F)cc1)C(=O)NC(C)(C)C)C(C)(C)C. The average molecular weight is 543 g/mol. The van der Waals surface area contributed by atoms with Crippen molar-refractivity contribution in [1.82, 2.24) is 20.9 Å². The van der Waals surface area contributed by atoms with Gasteiger partial charge in [-0.05, 0) is 55.9 Å². The lowest BCUT2D eigenvalue weighted by Gasteiger charge is -2.35. The van der Waals surface area contributed by atoms with Gasteiger partial charge in [0, 0.05) is 19.0 Å². The van der Waals surface area contributed by atoms with Crippen LogP contribution in [-0.4, -0.2) is 58.1 Å². The van der Waals surface area contributed by atoms with E-state index in [4.69, 9.17) is 0 Å². The van der Waals surface area contributed by atoms with E-state index in [-0.39, 0.29) is 24.8 Å². The van der Waals surface area contributed by atoms with Crippen LogP contribution in [-0.2, 0) is 22.6 Å². The molecule has 0 saturated carbocycles. The Morgan fingerprint density at radius 3 is 2.00 bits per heavy atom. The predicted octanol–water partition coefficient (Wildman–Crippen LogP) is 3.78. The number of benzene rings is 2. The number of rotatable bonds is 10. The van der Waals surface area contributed by atoms with E-state index in [1.54, 1.807) is 12.1 Å². The smallest absolute Gasteiger partial charge is 0.318 e. The molecule has 8 nitrogen and oxygen atoms in total. The summed E-state index contributed by atoms with van der Waals surface area (Å²) in [6.45, 7) is 12.5. The highest BCUT2D eigenvalue weighted by Gasteiger charge is 2.35. The quantitative estimate of drug-likeness (QED) is 0.366. The standard InChI is InChI=1S/C30H43FN4O4/c1-20(36)32-26(29(2,3)4)27(38)33-24(17-21-11-9-8-10-12-21)25(37)19-35(28(39)34-30(5,6)7)18-22-13-15-23(31)16-14-22/h8-16,24-26,37H,17-19H2,1-7H3,(H,32,36)(H,33,38)(H,34,39)/t24-,25?,26?/m0/s1. The van der Waals surface area contributed by atoms with Crippen molar-refractivity contribution in [2.75, 3.05) is 6.54 Å². The number of aliphatic hydroxyl groups excluding tert-OH is 1. The molecular formula is C30H43FN4O4. The molecule has 0 saturated heterocycles. The Hall–Kier alpha value is -3.46. The molecule has 0 bridgehead atoms. The van der Waals surface area contributed by atoms with Crippen molar-refractivity contribution in [3.05, 3.63) is 71.5 Å². The van der Waals surface area contributed by atoms with Gasteiger partial charge in [0.15, 0.2) is 0 Å². The summed E-state index contributed by atoms with van der Waals surface area (Å²) in [6.07, 6.45) is -0.853. The summed E-state index contributed by atoms with van der Waals surface area (Å²) in [6, 6.07) is 13.2. The lowest BCUT2D eigenvalue weighted by atomic mass is 9.85. The fraction of sp³-hybridized carbons (Fsp3) is 0.500. The summed E-state index contributed by atoms with van der Waals surface area (Å²) in [7, 11) is 0. The Balaban J connectivity index is 2.35. The van der Waals surface area contributed by atoms with Crippen molar-refractivity contribution in [3.8, 4) is 0 Å². The molecule has 0 aliphatic carbocycles. The monoisotopic (exact) mass is 542 g/mol. The summed E-state index contributed by atoms with van der Waals surface area (Å²) in [5.41, 5.74) is 0.464. The van der Waals surface area contributed by atoms with E-state index in [0.717, 1.165) is 5.56 Å².